The van der Waals surface area contributed by atoms with Crippen molar-refractivity contribution in [3.8, 4) is 0 Å². The predicted octanol–water partition coefficient (Wildman–Crippen LogP) is 3.23. The third-order valence-corrected chi connectivity index (χ3v) is 1.87. The van der Waals surface area contributed by atoms with Gasteiger partial charge in [0.15, 0.2) is 0 Å². The van der Waals surface area contributed by atoms with Crippen LogP contribution >= 0.6 is 15.9 Å². The summed E-state index contributed by atoms with van der Waals surface area (Å²) in [5, 5.41) is 0. The van der Waals surface area contributed by atoms with Crippen LogP contribution in [0.25, 0.3) is 0 Å². The molecule has 80 valence electrons. The molecule has 0 aromatic carbocycles. The molecule has 0 aromatic rings. The van der Waals surface area contributed by atoms with Crippen molar-refractivity contribution in [2.24, 2.45) is 0 Å². The minimum Gasteiger partial charge on any atom is -0.460 e. The standard InChI is InChI=1S/C11H17BrO2/c1-5-6-7-9(2)8-14-10(13)11(3,4)12/h5,7H,1,6,8H2,2-4H3. The Morgan fingerprint density at radius 1 is 1.57 bits per heavy atom. The van der Waals surface area contributed by atoms with Crippen LogP contribution in [0.5, 0.6) is 0 Å². The highest BCUT2D eigenvalue weighted by Crippen LogP contribution is 2.17. The van der Waals surface area contributed by atoms with E-state index < -0.39 is 4.32 Å². The van der Waals surface area contributed by atoms with Gasteiger partial charge in [-0.15, -0.1) is 6.58 Å². The van der Waals surface area contributed by atoms with Crippen molar-refractivity contribution in [3.05, 3.63) is 24.3 Å². The van der Waals surface area contributed by atoms with E-state index in [-0.39, 0.29) is 5.97 Å². The van der Waals surface area contributed by atoms with Crippen LogP contribution in [0.15, 0.2) is 24.3 Å². The van der Waals surface area contributed by atoms with Crippen molar-refractivity contribution in [2.45, 2.75) is 31.5 Å². The summed E-state index contributed by atoms with van der Waals surface area (Å²) in [6.07, 6.45) is 4.60. The normalized spacial score (nSPS) is 12.4. The van der Waals surface area contributed by atoms with E-state index in [1.54, 1.807) is 19.9 Å². The largest absolute Gasteiger partial charge is 0.460 e. The Kier molecular flexibility index (Phi) is 5.77. The number of rotatable bonds is 5. The van der Waals surface area contributed by atoms with Gasteiger partial charge in [-0.2, -0.15) is 0 Å². The zero-order valence-corrected chi connectivity index (χ0v) is 10.6. The number of hydrogen-bond acceptors (Lipinski definition) is 2. The summed E-state index contributed by atoms with van der Waals surface area (Å²) in [4.78, 5) is 11.3. The summed E-state index contributed by atoms with van der Waals surface area (Å²) in [5.74, 6) is -0.246. The maximum absolute atomic E-state index is 11.3. The number of halogens is 1. The Hall–Kier alpha value is -0.570. The number of ether oxygens (including phenoxy) is 1. The lowest BCUT2D eigenvalue weighted by Crippen LogP contribution is -2.27. The van der Waals surface area contributed by atoms with Crippen LogP contribution in [-0.4, -0.2) is 16.9 Å². The number of carbonyl (C=O) groups is 1. The van der Waals surface area contributed by atoms with Gasteiger partial charge in [0.05, 0.1) is 0 Å². The molecule has 2 nitrogen and oxygen atoms in total. The molecule has 0 heterocycles. The van der Waals surface area contributed by atoms with Crippen LogP contribution in [0.1, 0.15) is 27.2 Å². The van der Waals surface area contributed by atoms with Gasteiger partial charge in [0.2, 0.25) is 0 Å². The number of esters is 1. The Balaban J connectivity index is 3.95. The van der Waals surface area contributed by atoms with Gasteiger partial charge in [0.25, 0.3) is 0 Å². The van der Waals surface area contributed by atoms with E-state index in [1.807, 2.05) is 13.0 Å². The molecule has 0 aliphatic rings. The molecule has 14 heavy (non-hydrogen) atoms. The third-order valence-electron chi connectivity index (χ3n) is 1.55. The zero-order chi connectivity index (χ0) is 11.2. The Morgan fingerprint density at radius 3 is 2.57 bits per heavy atom. The van der Waals surface area contributed by atoms with Crippen LogP contribution in [0.3, 0.4) is 0 Å². The van der Waals surface area contributed by atoms with Gasteiger partial charge in [0.1, 0.15) is 10.9 Å². The monoisotopic (exact) mass is 260 g/mol. The molecule has 0 saturated heterocycles. The molecule has 0 amide bonds. The average molecular weight is 261 g/mol. The van der Waals surface area contributed by atoms with Crippen LogP contribution < -0.4 is 0 Å². The fraction of sp³-hybridized carbons (Fsp3) is 0.545. The Labute approximate surface area is 94.2 Å². The van der Waals surface area contributed by atoms with Gasteiger partial charge in [-0.1, -0.05) is 28.1 Å². The summed E-state index contributed by atoms with van der Waals surface area (Å²) in [6.45, 7) is 9.41. The van der Waals surface area contributed by atoms with Crippen LogP contribution in [0, 0.1) is 0 Å². The summed E-state index contributed by atoms with van der Waals surface area (Å²) in [6, 6.07) is 0. The first-order valence-corrected chi connectivity index (χ1v) is 5.30. The van der Waals surface area contributed by atoms with Gasteiger partial charge in [-0.25, -0.2) is 0 Å². The van der Waals surface area contributed by atoms with Gasteiger partial charge >= 0.3 is 5.97 Å². The third kappa shape index (κ3) is 5.97. The van der Waals surface area contributed by atoms with Crippen molar-refractivity contribution in [2.75, 3.05) is 6.61 Å². The number of alkyl halides is 1. The second-order valence-corrected chi connectivity index (χ2v) is 5.61. The predicted molar refractivity (Wildman–Crippen MR) is 62.5 cm³/mol. The maximum Gasteiger partial charge on any atom is 0.322 e. The second kappa shape index (κ2) is 6.02. The summed E-state index contributed by atoms with van der Waals surface area (Å²) in [5.41, 5.74) is 1.04. The fourth-order valence-electron chi connectivity index (χ4n) is 0.694. The molecular weight excluding hydrogens is 244 g/mol. The lowest BCUT2D eigenvalue weighted by atomic mass is 10.2. The first kappa shape index (κ1) is 13.4. The molecule has 0 aliphatic carbocycles. The highest BCUT2D eigenvalue weighted by Gasteiger charge is 2.25. The van der Waals surface area contributed by atoms with Crippen molar-refractivity contribution in [3.63, 3.8) is 0 Å². The molecule has 0 aliphatic heterocycles. The van der Waals surface area contributed by atoms with Gasteiger partial charge in [-0.05, 0) is 32.8 Å². The maximum atomic E-state index is 11.3. The van der Waals surface area contributed by atoms with Crippen molar-refractivity contribution in [1.82, 2.24) is 0 Å². The zero-order valence-electron chi connectivity index (χ0n) is 8.97. The second-order valence-electron chi connectivity index (χ2n) is 3.62. The van der Waals surface area contributed by atoms with Crippen LogP contribution in [0.2, 0.25) is 0 Å². The molecule has 0 atom stereocenters. The SMILES string of the molecule is C=CCC=C(C)COC(=O)C(C)(C)Br. The molecule has 0 N–H and O–H groups in total. The molecule has 0 radical (unpaired) electrons. The lowest BCUT2D eigenvalue weighted by Gasteiger charge is -2.14. The first-order valence-electron chi connectivity index (χ1n) is 4.50. The number of carbonyl (C=O) groups excluding carboxylic acids is 1. The highest BCUT2D eigenvalue weighted by molar-refractivity contribution is 9.10. The smallest absolute Gasteiger partial charge is 0.322 e. The highest BCUT2D eigenvalue weighted by atomic mass is 79.9. The van der Waals surface area contributed by atoms with E-state index in [0.717, 1.165) is 12.0 Å². The average Bonchev–Trinajstić information content (AvgIpc) is 2.09. The van der Waals surface area contributed by atoms with Crippen molar-refractivity contribution < 1.29 is 9.53 Å². The van der Waals surface area contributed by atoms with E-state index >= 15 is 0 Å². The van der Waals surface area contributed by atoms with Crippen molar-refractivity contribution in [1.29, 1.82) is 0 Å². The molecular formula is C11H17BrO2. The molecule has 0 saturated carbocycles. The molecule has 0 fully saturated rings. The molecule has 3 heteroatoms. The first-order chi connectivity index (χ1) is 6.38. The van der Waals surface area contributed by atoms with E-state index in [2.05, 4.69) is 22.5 Å². The van der Waals surface area contributed by atoms with Crippen LogP contribution in [-0.2, 0) is 9.53 Å². The number of hydrogen-bond donors (Lipinski definition) is 0. The quantitative estimate of drug-likeness (QED) is 0.431. The summed E-state index contributed by atoms with van der Waals surface area (Å²) >= 11 is 3.24. The van der Waals surface area contributed by atoms with E-state index in [1.165, 1.54) is 0 Å². The van der Waals surface area contributed by atoms with E-state index in [0.29, 0.717) is 6.61 Å². The van der Waals surface area contributed by atoms with Gasteiger partial charge in [0, 0.05) is 0 Å². The summed E-state index contributed by atoms with van der Waals surface area (Å²) in [7, 11) is 0. The lowest BCUT2D eigenvalue weighted by molar-refractivity contribution is -0.144. The summed E-state index contributed by atoms with van der Waals surface area (Å²) < 4.78 is 4.47. The van der Waals surface area contributed by atoms with Gasteiger partial charge < -0.3 is 4.74 Å². The topological polar surface area (TPSA) is 26.3 Å². The Bertz CT molecular complexity index is 236. The Morgan fingerprint density at radius 2 is 2.14 bits per heavy atom. The molecule has 0 unspecified atom stereocenters. The molecule has 0 rings (SSSR count). The van der Waals surface area contributed by atoms with Crippen molar-refractivity contribution >= 4 is 21.9 Å². The van der Waals surface area contributed by atoms with E-state index in [9.17, 15) is 4.79 Å². The van der Waals surface area contributed by atoms with Gasteiger partial charge in [-0.3, -0.25) is 4.79 Å². The molecule has 0 spiro atoms. The minimum atomic E-state index is -0.605. The van der Waals surface area contributed by atoms with E-state index in [4.69, 9.17) is 4.74 Å². The molecule has 0 aromatic heterocycles. The minimum absolute atomic E-state index is 0.246. The van der Waals surface area contributed by atoms with Crippen LogP contribution in [0.4, 0.5) is 0 Å². The molecule has 0 bridgehead atoms. The fourth-order valence-corrected chi connectivity index (χ4v) is 0.809. The number of allylic oxidation sites excluding steroid dienone is 2.